The van der Waals surface area contributed by atoms with Crippen molar-refractivity contribution >= 4 is 17.5 Å². The fraction of sp³-hybridized carbons (Fsp3) is 0.706. The van der Waals surface area contributed by atoms with Crippen molar-refractivity contribution in [3.05, 3.63) is 11.3 Å². The molecule has 1 saturated heterocycles. The SMILES string of the molecule is COC(=O)C1=C(O)[C@H](C(=O)CC[C@@H]2CCCO2)C(=O)CC1(C)C. The molecule has 1 aliphatic carbocycles. The van der Waals surface area contributed by atoms with Crippen LogP contribution >= 0.6 is 0 Å². The van der Waals surface area contributed by atoms with Crippen molar-refractivity contribution in [1.82, 2.24) is 0 Å². The molecule has 6 heteroatoms. The van der Waals surface area contributed by atoms with Crippen LogP contribution in [0.5, 0.6) is 0 Å². The number of hydrogen-bond donors (Lipinski definition) is 1. The van der Waals surface area contributed by atoms with Gasteiger partial charge in [-0.3, -0.25) is 9.59 Å². The lowest BCUT2D eigenvalue weighted by Crippen LogP contribution is -2.40. The molecule has 1 heterocycles. The molecule has 1 aliphatic heterocycles. The normalized spacial score (nSPS) is 27.2. The van der Waals surface area contributed by atoms with Crippen LogP contribution in [0.15, 0.2) is 11.3 Å². The highest BCUT2D eigenvalue weighted by atomic mass is 16.5. The largest absolute Gasteiger partial charge is 0.510 e. The monoisotopic (exact) mass is 324 g/mol. The second-order valence-corrected chi connectivity index (χ2v) is 6.85. The second-order valence-electron chi connectivity index (χ2n) is 6.85. The first-order valence-corrected chi connectivity index (χ1v) is 7.97. The molecule has 0 amide bonds. The molecule has 0 spiro atoms. The summed E-state index contributed by atoms with van der Waals surface area (Å²) in [6.07, 6.45) is 2.64. The van der Waals surface area contributed by atoms with Gasteiger partial charge in [-0.25, -0.2) is 4.79 Å². The average molecular weight is 324 g/mol. The Hall–Kier alpha value is -1.69. The van der Waals surface area contributed by atoms with Gasteiger partial charge in [-0.05, 0) is 19.3 Å². The minimum Gasteiger partial charge on any atom is -0.510 e. The molecule has 6 nitrogen and oxygen atoms in total. The number of Topliss-reactive ketones (excluding diaryl/α,β-unsaturated/α-hetero) is 2. The summed E-state index contributed by atoms with van der Waals surface area (Å²) in [5.74, 6) is -3.11. The standard InChI is InChI=1S/C17H24O6/c1-17(2)9-12(19)13(15(20)14(17)16(21)22-3)11(18)7-6-10-5-4-8-23-10/h10,13,20H,4-9H2,1-3H3/t10-,13+/m0/s1. The number of esters is 1. The van der Waals surface area contributed by atoms with E-state index in [-0.39, 0.29) is 36.1 Å². The van der Waals surface area contributed by atoms with Crippen LogP contribution in [0.2, 0.25) is 0 Å². The summed E-state index contributed by atoms with van der Waals surface area (Å²) in [5, 5.41) is 10.4. The van der Waals surface area contributed by atoms with Crippen LogP contribution in [0, 0.1) is 11.3 Å². The predicted molar refractivity (Wildman–Crippen MR) is 81.8 cm³/mol. The van der Waals surface area contributed by atoms with Crippen molar-refractivity contribution < 1.29 is 29.0 Å². The quantitative estimate of drug-likeness (QED) is 0.615. The lowest BCUT2D eigenvalue weighted by molar-refractivity contribution is -0.139. The first-order valence-electron chi connectivity index (χ1n) is 7.97. The zero-order valence-corrected chi connectivity index (χ0v) is 13.9. The minimum absolute atomic E-state index is 0.0232. The van der Waals surface area contributed by atoms with E-state index in [0.717, 1.165) is 12.8 Å². The number of ketones is 2. The van der Waals surface area contributed by atoms with E-state index in [0.29, 0.717) is 13.0 Å². The Balaban J connectivity index is 2.20. The Bertz CT molecular complexity index is 539. The van der Waals surface area contributed by atoms with E-state index in [1.54, 1.807) is 13.8 Å². The Morgan fingerprint density at radius 3 is 2.65 bits per heavy atom. The van der Waals surface area contributed by atoms with Crippen LogP contribution in [0.3, 0.4) is 0 Å². The van der Waals surface area contributed by atoms with Gasteiger partial charge < -0.3 is 14.6 Å². The number of carbonyl (C=O) groups is 3. The molecule has 2 rings (SSSR count). The summed E-state index contributed by atoms with van der Waals surface area (Å²) in [6.45, 7) is 4.06. The van der Waals surface area contributed by atoms with Crippen molar-refractivity contribution in [2.24, 2.45) is 11.3 Å². The Kier molecular flexibility index (Phi) is 5.24. The zero-order valence-electron chi connectivity index (χ0n) is 13.9. The molecule has 0 aromatic heterocycles. The lowest BCUT2D eigenvalue weighted by atomic mass is 9.69. The zero-order chi connectivity index (χ0) is 17.2. The third-order valence-electron chi connectivity index (χ3n) is 4.59. The third-order valence-corrected chi connectivity index (χ3v) is 4.59. The summed E-state index contributed by atoms with van der Waals surface area (Å²) in [7, 11) is 1.21. The van der Waals surface area contributed by atoms with E-state index >= 15 is 0 Å². The maximum absolute atomic E-state index is 12.4. The summed E-state index contributed by atoms with van der Waals surface area (Å²) >= 11 is 0. The molecule has 0 saturated carbocycles. The van der Waals surface area contributed by atoms with Gasteiger partial charge in [0, 0.05) is 24.9 Å². The number of methoxy groups -OCH3 is 1. The van der Waals surface area contributed by atoms with Crippen molar-refractivity contribution in [3.8, 4) is 0 Å². The smallest absolute Gasteiger partial charge is 0.337 e. The summed E-state index contributed by atoms with van der Waals surface area (Å²) in [5.41, 5.74) is -0.824. The van der Waals surface area contributed by atoms with Gasteiger partial charge in [-0.15, -0.1) is 0 Å². The third kappa shape index (κ3) is 3.63. The van der Waals surface area contributed by atoms with Gasteiger partial charge in [-0.2, -0.15) is 0 Å². The van der Waals surface area contributed by atoms with Gasteiger partial charge in [0.2, 0.25) is 0 Å². The van der Waals surface area contributed by atoms with Gasteiger partial charge >= 0.3 is 5.97 Å². The number of hydrogen-bond acceptors (Lipinski definition) is 6. The summed E-state index contributed by atoms with van der Waals surface area (Å²) in [6, 6.07) is 0. The second kappa shape index (κ2) is 6.83. The molecule has 1 fully saturated rings. The van der Waals surface area contributed by atoms with Crippen LogP contribution < -0.4 is 0 Å². The fourth-order valence-electron chi connectivity index (χ4n) is 3.40. The number of carbonyl (C=O) groups excluding carboxylic acids is 3. The highest BCUT2D eigenvalue weighted by Crippen LogP contribution is 2.41. The highest BCUT2D eigenvalue weighted by Gasteiger charge is 2.46. The Labute approximate surface area is 135 Å². The molecule has 1 N–H and O–H groups in total. The van der Waals surface area contributed by atoms with Gasteiger partial charge in [0.25, 0.3) is 0 Å². The van der Waals surface area contributed by atoms with Gasteiger partial charge in [0.05, 0.1) is 18.8 Å². The first-order chi connectivity index (χ1) is 10.8. The van der Waals surface area contributed by atoms with Crippen molar-refractivity contribution in [2.75, 3.05) is 13.7 Å². The molecule has 2 aliphatic rings. The number of rotatable bonds is 5. The van der Waals surface area contributed by atoms with E-state index < -0.39 is 23.1 Å². The molecule has 0 aromatic rings. The van der Waals surface area contributed by atoms with Crippen LogP contribution in [0.25, 0.3) is 0 Å². The maximum Gasteiger partial charge on any atom is 0.337 e. The number of ether oxygens (including phenoxy) is 2. The lowest BCUT2D eigenvalue weighted by Gasteiger charge is -2.33. The molecular weight excluding hydrogens is 300 g/mol. The van der Waals surface area contributed by atoms with Crippen LogP contribution in [-0.4, -0.2) is 42.5 Å². The summed E-state index contributed by atoms with van der Waals surface area (Å²) in [4.78, 5) is 36.7. The minimum atomic E-state index is -1.25. The van der Waals surface area contributed by atoms with Crippen LogP contribution in [-0.2, 0) is 23.9 Å². The van der Waals surface area contributed by atoms with Crippen molar-refractivity contribution in [2.45, 2.75) is 52.1 Å². The highest BCUT2D eigenvalue weighted by molar-refractivity contribution is 6.08. The molecule has 0 radical (unpaired) electrons. The maximum atomic E-state index is 12.4. The van der Waals surface area contributed by atoms with Crippen molar-refractivity contribution in [1.29, 1.82) is 0 Å². The predicted octanol–water partition coefficient (Wildman–Crippen LogP) is 2.11. The van der Waals surface area contributed by atoms with E-state index in [1.165, 1.54) is 7.11 Å². The van der Waals surface area contributed by atoms with E-state index in [4.69, 9.17) is 9.47 Å². The van der Waals surface area contributed by atoms with Crippen molar-refractivity contribution in [3.63, 3.8) is 0 Å². The van der Waals surface area contributed by atoms with E-state index in [1.807, 2.05) is 0 Å². The Morgan fingerprint density at radius 1 is 1.39 bits per heavy atom. The first kappa shape index (κ1) is 17.7. The van der Waals surface area contributed by atoms with Crippen LogP contribution in [0.4, 0.5) is 0 Å². The van der Waals surface area contributed by atoms with Gasteiger partial charge in [0.15, 0.2) is 11.6 Å². The molecule has 128 valence electrons. The number of aliphatic hydroxyl groups excluding tert-OH is 1. The molecule has 0 aromatic carbocycles. The average Bonchev–Trinajstić information content (AvgIpc) is 2.96. The van der Waals surface area contributed by atoms with Crippen LogP contribution in [0.1, 0.15) is 46.0 Å². The molecule has 0 bridgehead atoms. The topological polar surface area (TPSA) is 89.9 Å². The van der Waals surface area contributed by atoms with E-state index in [9.17, 15) is 19.5 Å². The van der Waals surface area contributed by atoms with E-state index in [2.05, 4.69) is 0 Å². The number of allylic oxidation sites excluding steroid dienone is 1. The Morgan fingerprint density at radius 2 is 2.09 bits per heavy atom. The van der Waals surface area contributed by atoms with Gasteiger partial charge in [0.1, 0.15) is 11.7 Å². The fourth-order valence-corrected chi connectivity index (χ4v) is 3.40. The molecule has 0 unspecified atom stereocenters. The summed E-state index contributed by atoms with van der Waals surface area (Å²) < 4.78 is 10.2. The number of aliphatic hydroxyl groups is 1. The molecule has 23 heavy (non-hydrogen) atoms. The molecular formula is C17H24O6. The van der Waals surface area contributed by atoms with Gasteiger partial charge in [-0.1, -0.05) is 13.8 Å². The molecule has 2 atom stereocenters.